The van der Waals surface area contributed by atoms with Crippen LogP contribution in [0.25, 0.3) is 11.0 Å². The fraction of sp³-hybridized carbons (Fsp3) is 0.400. The lowest BCUT2D eigenvalue weighted by atomic mass is 10.2. The third kappa shape index (κ3) is 3.90. The average molecular weight is 255 g/mol. The fourth-order valence-electron chi connectivity index (χ4n) is 1.30. The van der Waals surface area contributed by atoms with E-state index in [1.54, 1.807) is 21.3 Å². The van der Waals surface area contributed by atoms with Gasteiger partial charge in [0.25, 0.3) is 0 Å². The summed E-state index contributed by atoms with van der Waals surface area (Å²) in [5, 5.41) is 10.4. The molecule has 7 heteroatoms. The van der Waals surface area contributed by atoms with Crippen LogP contribution >= 0.6 is 0 Å². The monoisotopic (exact) mass is 255 g/mol. The molecule has 0 fully saturated rings. The Hall–Kier alpha value is -1.28. The maximum absolute atomic E-state index is 4.74. The Balaban J connectivity index is 0.000000185. The molecule has 2 rings (SSSR count). The molecule has 0 spiro atoms. The summed E-state index contributed by atoms with van der Waals surface area (Å²) < 4.78 is 14.2. The molecular weight excluding hydrogens is 238 g/mol. The Morgan fingerprint density at radius 2 is 1.76 bits per heavy atom. The van der Waals surface area contributed by atoms with E-state index in [2.05, 4.69) is 15.4 Å². The van der Waals surface area contributed by atoms with Crippen molar-refractivity contribution < 1.29 is 13.3 Å². The number of benzene rings is 1. The Morgan fingerprint density at radius 3 is 2.24 bits per heavy atom. The first-order chi connectivity index (χ1) is 8.22. The topological polar surface area (TPSA) is 69.3 Å². The number of hydrogen-bond acceptors (Lipinski definition) is 5. The first-order valence-corrected chi connectivity index (χ1v) is 6.49. The minimum Gasteiger partial charge on any atom is -0.379 e. The second-order valence-corrected chi connectivity index (χ2v) is 5.27. The zero-order valence-electron chi connectivity index (χ0n) is 10.4. The first-order valence-electron chi connectivity index (χ1n) is 5.07. The van der Waals surface area contributed by atoms with Gasteiger partial charge < -0.3 is 13.3 Å². The predicted molar refractivity (Wildman–Crippen MR) is 66.8 cm³/mol. The van der Waals surface area contributed by atoms with Gasteiger partial charge in [0.1, 0.15) is 5.52 Å². The van der Waals surface area contributed by atoms with E-state index in [0.29, 0.717) is 0 Å². The van der Waals surface area contributed by atoms with E-state index in [-0.39, 0.29) is 0 Å². The van der Waals surface area contributed by atoms with E-state index in [4.69, 9.17) is 13.3 Å². The number of nitrogens with zero attached hydrogens (tertiary/aromatic N) is 2. The summed E-state index contributed by atoms with van der Waals surface area (Å²) in [7, 11) is 3.05. The van der Waals surface area contributed by atoms with E-state index in [0.717, 1.165) is 16.6 Å². The number of aryl methyl sites for hydroxylation is 1. The van der Waals surface area contributed by atoms with Crippen molar-refractivity contribution in [3.63, 3.8) is 0 Å². The van der Waals surface area contributed by atoms with Crippen LogP contribution in [-0.4, -0.2) is 46.3 Å². The van der Waals surface area contributed by atoms with Crippen molar-refractivity contribution in [2.24, 2.45) is 0 Å². The third-order valence-corrected chi connectivity index (χ3v) is 3.29. The maximum atomic E-state index is 4.74. The quantitative estimate of drug-likeness (QED) is 0.826. The lowest BCUT2D eigenvalue weighted by Gasteiger charge is -2.05. The van der Waals surface area contributed by atoms with Crippen molar-refractivity contribution in [2.45, 2.75) is 6.92 Å². The molecule has 17 heavy (non-hydrogen) atoms. The minimum atomic E-state index is -1.67. The van der Waals surface area contributed by atoms with E-state index in [9.17, 15) is 0 Å². The van der Waals surface area contributed by atoms with Gasteiger partial charge in [0.2, 0.25) is 0 Å². The van der Waals surface area contributed by atoms with Crippen molar-refractivity contribution in [1.29, 1.82) is 0 Å². The van der Waals surface area contributed by atoms with Crippen molar-refractivity contribution in [3.05, 3.63) is 23.8 Å². The van der Waals surface area contributed by atoms with Crippen LogP contribution in [-0.2, 0) is 13.3 Å². The summed E-state index contributed by atoms with van der Waals surface area (Å²) in [6.45, 7) is 2.02. The molecular formula is C10H17N3O3Si. The molecule has 0 unspecified atom stereocenters. The molecule has 1 aromatic carbocycles. The summed E-state index contributed by atoms with van der Waals surface area (Å²) in [5.74, 6) is 0. The standard InChI is InChI=1S/C7H7N3.C3H10O3Si/c1-5-3-2-4-6-7(5)9-10-8-6;1-4-7(5-2)6-3/h2-4H,1H3,(H,8,9,10);7H,1-3H3. The zero-order chi connectivity index (χ0) is 12.7. The Labute approximate surface area is 102 Å². The van der Waals surface area contributed by atoms with Gasteiger partial charge in [-0.05, 0) is 18.6 Å². The van der Waals surface area contributed by atoms with E-state index in [1.165, 1.54) is 0 Å². The second kappa shape index (κ2) is 7.12. The summed E-state index contributed by atoms with van der Waals surface area (Å²) in [6.07, 6.45) is 0. The Kier molecular flexibility index (Phi) is 5.77. The molecule has 94 valence electrons. The molecule has 1 aromatic heterocycles. The number of fused-ring (bicyclic) bond motifs is 1. The largest absolute Gasteiger partial charge is 0.483 e. The van der Waals surface area contributed by atoms with Crippen LogP contribution < -0.4 is 0 Å². The molecule has 0 aliphatic rings. The zero-order valence-corrected chi connectivity index (χ0v) is 11.6. The maximum Gasteiger partial charge on any atom is 0.483 e. The molecule has 6 nitrogen and oxygen atoms in total. The van der Waals surface area contributed by atoms with E-state index >= 15 is 0 Å². The van der Waals surface area contributed by atoms with Crippen molar-refractivity contribution in [3.8, 4) is 0 Å². The number of aromatic nitrogens is 3. The van der Waals surface area contributed by atoms with Crippen LogP contribution in [0.1, 0.15) is 5.56 Å². The van der Waals surface area contributed by atoms with Crippen LogP contribution in [0.5, 0.6) is 0 Å². The van der Waals surface area contributed by atoms with Crippen LogP contribution in [0.2, 0.25) is 0 Å². The van der Waals surface area contributed by atoms with Gasteiger partial charge in [0.05, 0.1) is 5.52 Å². The molecule has 0 atom stereocenters. The average Bonchev–Trinajstić information content (AvgIpc) is 2.82. The molecule has 0 bridgehead atoms. The van der Waals surface area contributed by atoms with Gasteiger partial charge in [0, 0.05) is 21.3 Å². The van der Waals surface area contributed by atoms with Crippen molar-refractivity contribution in [2.75, 3.05) is 21.3 Å². The summed E-state index contributed by atoms with van der Waals surface area (Å²) >= 11 is 0. The van der Waals surface area contributed by atoms with Gasteiger partial charge in [-0.25, -0.2) is 0 Å². The van der Waals surface area contributed by atoms with Crippen molar-refractivity contribution in [1.82, 2.24) is 15.4 Å². The number of aromatic amines is 1. The lowest BCUT2D eigenvalue weighted by molar-refractivity contribution is 0.163. The number of H-pyrrole nitrogens is 1. The van der Waals surface area contributed by atoms with E-state index in [1.807, 2.05) is 25.1 Å². The number of nitrogens with one attached hydrogen (secondary N) is 1. The highest BCUT2D eigenvalue weighted by Crippen LogP contribution is 2.10. The van der Waals surface area contributed by atoms with Gasteiger partial charge >= 0.3 is 9.53 Å². The molecule has 0 saturated heterocycles. The lowest BCUT2D eigenvalue weighted by Crippen LogP contribution is -2.21. The molecule has 1 N–H and O–H groups in total. The normalized spacial score (nSPS) is 10.4. The number of hydrogen-bond donors (Lipinski definition) is 1. The van der Waals surface area contributed by atoms with Crippen molar-refractivity contribution >= 4 is 20.6 Å². The molecule has 0 saturated carbocycles. The highest BCUT2D eigenvalue weighted by Gasteiger charge is 2.04. The van der Waals surface area contributed by atoms with Crippen LogP contribution in [0.3, 0.4) is 0 Å². The molecule has 2 aromatic rings. The van der Waals surface area contributed by atoms with Gasteiger partial charge in [0.15, 0.2) is 0 Å². The van der Waals surface area contributed by atoms with Crippen LogP contribution in [0.15, 0.2) is 18.2 Å². The van der Waals surface area contributed by atoms with Gasteiger partial charge in [-0.2, -0.15) is 0 Å². The van der Waals surface area contributed by atoms with Gasteiger partial charge in [-0.1, -0.05) is 17.3 Å². The summed E-state index contributed by atoms with van der Waals surface area (Å²) in [5.41, 5.74) is 3.12. The number of rotatable bonds is 3. The summed E-state index contributed by atoms with van der Waals surface area (Å²) in [4.78, 5) is 0. The van der Waals surface area contributed by atoms with Crippen LogP contribution in [0.4, 0.5) is 0 Å². The smallest absolute Gasteiger partial charge is 0.379 e. The van der Waals surface area contributed by atoms with Gasteiger partial charge in [-0.15, -0.1) is 5.10 Å². The molecule has 0 aliphatic carbocycles. The Bertz CT molecular complexity index is 440. The molecule has 0 amide bonds. The second-order valence-electron chi connectivity index (χ2n) is 3.28. The Morgan fingerprint density at radius 1 is 1.12 bits per heavy atom. The molecule has 1 heterocycles. The first kappa shape index (κ1) is 13.8. The SMILES string of the molecule is CO[SiH](OC)OC.Cc1cccc2[nH]nnc12. The van der Waals surface area contributed by atoms with E-state index < -0.39 is 9.53 Å². The highest BCUT2D eigenvalue weighted by atomic mass is 28.3. The third-order valence-electron chi connectivity index (χ3n) is 2.14. The predicted octanol–water partition coefficient (Wildman–Crippen LogP) is 0.909. The van der Waals surface area contributed by atoms with Gasteiger partial charge in [-0.3, -0.25) is 5.10 Å². The fourth-order valence-corrected chi connectivity index (χ4v) is 1.88. The molecule has 0 aliphatic heterocycles. The van der Waals surface area contributed by atoms with Crippen LogP contribution in [0, 0.1) is 6.92 Å². The highest BCUT2D eigenvalue weighted by molar-refractivity contribution is 6.36. The minimum absolute atomic E-state index is 0.961. The summed E-state index contributed by atoms with van der Waals surface area (Å²) in [6, 6.07) is 5.96. The molecule has 0 radical (unpaired) electrons.